The quantitative estimate of drug-likeness (QED) is 0.768. The zero-order valence-corrected chi connectivity index (χ0v) is 11.6. The Balaban J connectivity index is 2.24. The number of carbonyl (C=O) groups excluding carboxylic acids is 1. The summed E-state index contributed by atoms with van der Waals surface area (Å²) in [6.07, 6.45) is 0.239. The van der Waals surface area contributed by atoms with Crippen LogP contribution in [0.15, 0.2) is 34.1 Å². The summed E-state index contributed by atoms with van der Waals surface area (Å²) < 4.78 is 13.9. The molecule has 0 aliphatic rings. The molecule has 1 heterocycles. The van der Waals surface area contributed by atoms with E-state index >= 15 is 0 Å². The second-order valence-electron chi connectivity index (χ2n) is 3.77. The van der Waals surface area contributed by atoms with E-state index < -0.39 is 0 Å². The van der Waals surface area contributed by atoms with E-state index in [0.717, 1.165) is 15.6 Å². The molecule has 0 aliphatic heterocycles. The molecule has 4 heteroatoms. The Bertz CT molecular complexity index is 562. The molecule has 0 atom stereocenters. The Morgan fingerprint density at radius 1 is 1.41 bits per heavy atom. The van der Waals surface area contributed by atoms with Crippen molar-refractivity contribution < 1.29 is 9.18 Å². The van der Waals surface area contributed by atoms with E-state index in [1.54, 1.807) is 6.07 Å². The predicted octanol–water partition coefficient (Wildman–Crippen LogP) is 4.38. The summed E-state index contributed by atoms with van der Waals surface area (Å²) in [4.78, 5) is 12.7. The van der Waals surface area contributed by atoms with Gasteiger partial charge in [-0.15, -0.1) is 11.3 Å². The standard InChI is InChI=1S/C13H10BrFOS/c1-8-2-3-10(15)6-9(8)7-12(16)13-11(14)4-5-17-13/h2-6H,7H2,1H3. The fraction of sp³-hybridized carbons (Fsp3) is 0.154. The summed E-state index contributed by atoms with van der Waals surface area (Å²) in [6.45, 7) is 1.88. The van der Waals surface area contributed by atoms with Crippen LogP contribution in [-0.2, 0) is 6.42 Å². The van der Waals surface area contributed by atoms with Gasteiger partial charge in [0.1, 0.15) is 5.82 Å². The molecular formula is C13H10BrFOS. The van der Waals surface area contributed by atoms with E-state index in [0.29, 0.717) is 4.88 Å². The number of benzene rings is 1. The third-order valence-corrected chi connectivity index (χ3v) is 4.41. The summed E-state index contributed by atoms with van der Waals surface area (Å²) in [7, 11) is 0. The maximum atomic E-state index is 13.1. The molecule has 0 aliphatic carbocycles. The minimum absolute atomic E-state index is 0.0144. The lowest BCUT2D eigenvalue weighted by Crippen LogP contribution is -2.04. The van der Waals surface area contributed by atoms with Crippen molar-refractivity contribution in [2.75, 3.05) is 0 Å². The molecule has 1 nitrogen and oxygen atoms in total. The van der Waals surface area contributed by atoms with Gasteiger partial charge in [-0.05, 0) is 57.6 Å². The van der Waals surface area contributed by atoms with Gasteiger partial charge in [-0.25, -0.2) is 4.39 Å². The van der Waals surface area contributed by atoms with Gasteiger partial charge in [0.05, 0.1) is 4.88 Å². The van der Waals surface area contributed by atoms with Crippen LogP contribution in [0.25, 0.3) is 0 Å². The van der Waals surface area contributed by atoms with Crippen LogP contribution in [-0.4, -0.2) is 5.78 Å². The lowest BCUT2D eigenvalue weighted by Gasteiger charge is -2.04. The molecule has 0 N–H and O–H groups in total. The molecule has 0 saturated heterocycles. The first-order valence-corrected chi connectivity index (χ1v) is 6.76. The van der Waals surface area contributed by atoms with Gasteiger partial charge in [-0.2, -0.15) is 0 Å². The van der Waals surface area contributed by atoms with E-state index in [9.17, 15) is 9.18 Å². The molecule has 0 spiro atoms. The largest absolute Gasteiger partial charge is 0.293 e. The van der Waals surface area contributed by atoms with Gasteiger partial charge in [-0.1, -0.05) is 6.07 Å². The lowest BCUT2D eigenvalue weighted by molar-refractivity contribution is 0.0996. The smallest absolute Gasteiger partial charge is 0.178 e. The Morgan fingerprint density at radius 3 is 2.82 bits per heavy atom. The molecule has 1 aromatic heterocycles. The van der Waals surface area contributed by atoms with Gasteiger partial charge in [0.15, 0.2) is 5.78 Å². The van der Waals surface area contributed by atoms with Crippen LogP contribution < -0.4 is 0 Å². The molecule has 1 aromatic carbocycles. The van der Waals surface area contributed by atoms with Crippen LogP contribution in [0.4, 0.5) is 4.39 Å². The number of carbonyl (C=O) groups is 1. The predicted molar refractivity (Wildman–Crippen MR) is 71.2 cm³/mol. The first-order chi connectivity index (χ1) is 8.08. The van der Waals surface area contributed by atoms with Gasteiger partial charge >= 0.3 is 0 Å². The van der Waals surface area contributed by atoms with E-state index in [1.807, 2.05) is 18.4 Å². The summed E-state index contributed by atoms with van der Waals surface area (Å²) >= 11 is 4.73. The Kier molecular flexibility index (Phi) is 3.74. The van der Waals surface area contributed by atoms with E-state index in [4.69, 9.17) is 0 Å². The van der Waals surface area contributed by atoms with Crippen molar-refractivity contribution in [1.29, 1.82) is 0 Å². The molecule has 0 radical (unpaired) electrons. The van der Waals surface area contributed by atoms with Crippen LogP contribution in [0, 0.1) is 12.7 Å². The second kappa shape index (κ2) is 5.10. The van der Waals surface area contributed by atoms with Crippen LogP contribution >= 0.6 is 27.3 Å². The normalized spacial score (nSPS) is 10.5. The highest BCUT2D eigenvalue weighted by Gasteiger charge is 2.13. The number of aryl methyl sites for hydroxylation is 1. The van der Waals surface area contributed by atoms with Crippen molar-refractivity contribution in [3.8, 4) is 0 Å². The van der Waals surface area contributed by atoms with Crippen molar-refractivity contribution in [1.82, 2.24) is 0 Å². The zero-order valence-electron chi connectivity index (χ0n) is 9.17. The average Bonchev–Trinajstić information content (AvgIpc) is 2.70. The van der Waals surface area contributed by atoms with E-state index in [2.05, 4.69) is 15.9 Å². The Morgan fingerprint density at radius 2 is 2.18 bits per heavy atom. The van der Waals surface area contributed by atoms with Crippen molar-refractivity contribution in [2.45, 2.75) is 13.3 Å². The summed E-state index contributed by atoms with van der Waals surface area (Å²) in [5, 5.41) is 1.86. The van der Waals surface area contributed by atoms with Crippen LogP contribution in [0.1, 0.15) is 20.8 Å². The Hall–Kier alpha value is -1.00. The maximum Gasteiger partial charge on any atom is 0.178 e. The average molecular weight is 313 g/mol. The molecule has 2 aromatic rings. The first kappa shape index (κ1) is 12.5. The van der Waals surface area contributed by atoms with Crippen LogP contribution in [0.5, 0.6) is 0 Å². The third kappa shape index (κ3) is 2.82. The molecule has 0 unspecified atom stereocenters. The molecular weight excluding hydrogens is 303 g/mol. The van der Waals surface area contributed by atoms with Gasteiger partial charge in [0.2, 0.25) is 0 Å². The first-order valence-electron chi connectivity index (χ1n) is 5.09. The molecule has 2 rings (SSSR count). The van der Waals surface area contributed by atoms with Gasteiger partial charge in [0, 0.05) is 10.9 Å². The van der Waals surface area contributed by atoms with Gasteiger partial charge < -0.3 is 0 Å². The number of hydrogen-bond donors (Lipinski definition) is 0. The highest BCUT2D eigenvalue weighted by atomic mass is 79.9. The lowest BCUT2D eigenvalue weighted by atomic mass is 10.0. The van der Waals surface area contributed by atoms with Crippen molar-refractivity contribution >= 4 is 33.0 Å². The molecule has 0 fully saturated rings. The van der Waals surface area contributed by atoms with Crippen LogP contribution in [0.2, 0.25) is 0 Å². The number of ketones is 1. The van der Waals surface area contributed by atoms with Crippen molar-refractivity contribution in [3.05, 3.63) is 55.9 Å². The minimum atomic E-state index is -0.302. The number of thiophene rings is 1. The number of hydrogen-bond acceptors (Lipinski definition) is 2. The number of rotatable bonds is 3. The monoisotopic (exact) mass is 312 g/mol. The van der Waals surface area contributed by atoms with Crippen LogP contribution in [0.3, 0.4) is 0 Å². The van der Waals surface area contributed by atoms with Gasteiger partial charge in [-0.3, -0.25) is 4.79 Å². The minimum Gasteiger partial charge on any atom is -0.293 e. The molecule has 0 amide bonds. The van der Waals surface area contributed by atoms with Gasteiger partial charge in [0.25, 0.3) is 0 Å². The SMILES string of the molecule is Cc1ccc(F)cc1CC(=O)c1sccc1Br. The second-order valence-corrected chi connectivity index (χ2v) is 5.54. The fourth-order valence-electron chi connectivity index (χ4n) is 1.58. The third-order valence-electron chi connectivity index (χ3n) is 2.53. The highest BCUT2D eigenvalue weighted by molar-refractivity contribution is 9.10. The van der Waals surface area contributed by atoms with Crippen molar-refractivity contribution in [3.63, 3.8) is 0 Å². The summed E-state index contributed by atoms with van der Waals surface area (Å²) in [5.41, 5.74) is 1.68. The number of halogens is 2. The van der Waals surface area contributed by atoms with E-state index in [1.165, 1.54) is 23.5 Å². The fourth-order valence-corrected chi connectivity index (χ4v) is 3.11. The molecule has 0 bridgehead atoms. The summed E-state index contributed by atoms with van der Waals surface area (Å²) in [6, 6.07) is 6.37. The van der Waals surface area contributed by atoms with Crippen molar-refractivity contribution in [2.24, 2.45) is 0 Å². The summed E-state index contributed by atoms with van der Waals surface area (Å²) in [5.74, 6) is -0.288. The highest BCUT2D eigenvalue weighted by Crippen LogP contribution is 2.25. The molecule has 17 heavy (non-hydrogen) atoms. The zero-order chi connectivity index (χ0) is 12.4. The topological polar surface area (TPSA) is 17.1 Å². The number of Topliss-reactive ketones (excluding diaryl/α,β-unsaturated/α-hetero) is 1. The maximum absolute atomic E-state index is 13.1. The Labute approximate surface area is 111 Å². The van der Waals surface area contributed by atoms with E-state index in [-0.39, 0.29) is 18.0 Å². The molecule has 88 valence electrons. The molecule has 0 saturated carbocycles.